The van der Waals surface area contributed by atoms with Crippen molar-refractivity contribution in [1.29, 1.82) is 0 Å². The van der Waals surface area contributed by atoms with Gasteiger partial charge >= 0.3 is 5.97 Å². The highest BCUT2D eigenvalue weighted by atomic mass is 16.7. The molecule has 0 saturated heterocycles. The number of carbonyl (C=O) groups excluding carboxylic acids is 2. The molecule has 1 aliphatic carbocycles. The zero-order chi connectivity index (χ0) is 19.5. The van der Waals surface area contributed by atoms with Crippen LogP contribution in [-0.2, 0) is 10.6 Å². The number of phenols is 1. The van der Waals surface area contributed by atoms with E-state index >= 15 is 0 Å². The molecule has 2 aliphatic rings. The molecule has 0 aromatic heterocycles. The van der Waals surface area contributed by atoms with Crippen LogP contribution >= 0.6 is 0 Å². The van der Waals surface area contributed by atoms with E-state index in [2.05, 4.69) is 0 Å². The highest BCUT2D eigenvalue weighted by Crippen LogP contribution is 2.51. The molecule has 0 fully saturated rings. The summed E-state index contributed by atoms with van der Waals surface area (Å²) >= 11 is 0. The molecule has 5 rings (SSSR count). The Labute approximate surface area is 160 Å². The maximum atomic E-state index is 12.4. The quantitative estimate of drug-likeness (QED) is 0.509. The molecule has 140 valence electrons. The van der Waals surface area contributed by atoms with Gasteiger partial charge in [-0.1, -0.05) is 24.3 Å². The van der Waals surface area contributed by atoms with Gasteiger partial charge in [0.2, 0.25) is 0 Å². The largest absolute Gasteiger partial charge is 0.507 e. The SMILES string of the molecule is CC(=O)Oc1ccc2c3c(cccc13)O[C@]1(CCC(=O)c3c(O)cccc31)O2. The van der Waals surface area contributed by atoms with Crippen LogP contribution in [0.5, 0.6) is 23.0 Å². The predicted molar refractivity (Wildman–Crippen MR) is 99.9 cm³/mol. The zero-order valence-electron chi connectivity index (χ0n) is 15.0. The number of ether oxygens (including phenoxy) is 3. The summed E-state index contributed by atoms with van der Waals surface area (Å²) < 4.78 is 17.9. The van der Waals surface area contributed by atoms with Gasteiger partial charge in [-0.3, -0.25) is 9.59 Å². The summed E-state index contributed by atoms with van der Waals surface area (Å²) in [5.74, 6) is -0.277. The van der Waals surface area contributed by atoms with Gasteiger partial charge in [0.25, 0.3) is 5.79 Å². The number of fused-ring (bicyclic) bond motifs is 2. The molecular weight excluding hydrogens is 360 g/mol. The maximum absolute atomic E-state index is 12.4. The molecule has 1 heterocycles. The Morgan fingerprint density at radius 1 is 1.07 bits per heavy atom. The first-order valence-electron chi connectivity index (χ1n) is 8.96. The molecular formula is C22H16O6. The van der Waals surface area contributed by atoms with Crippen molar-refractivity contribution >= 4 is 22.5 Å². The van der Waals surface area contributed by atoms with Gasteiger partial charge in [0.1, 0.15) is 23.0 Å². The van der Waals surface area contributed by atoms with Crippen LogP contribution in [0.1, 0.15) is 35.7 Å². The lowest BCUT2D eigenvalue weighted by Crippen LogP contribution is -2.45. The Hall–Kier alpha value is -3.54. The van der Waals surface area contributed by atoms with Crippen molar-refractivity contribution in [3.8, 4) is 23.0 Å². The number of esters is 1. The van der Waals surface area contributed by atoms with Crippen molar-refractivity contribution in [2.24, 2.45) is 0 Å². The second kappa shape index (κ2) is 5.73. The molecule has 0 radical (unpaired) electrons. The number of rotatable bonds is 1. The molecule has 0 saturated carbocycles. The number of carbonyl (C=O) groups is 2. The second-order valence-electron chi connectivity index (χ2n) is 6.91. The van der Waals surface area contributed by atoms with Crippen molar-refractivity contribution in [1.82, 2.24) is 0 Å². The predicted octanol–water partition coefficient (Wildman–Crippen LogP) is 4.07. The summed E-state index contributed by atoms with van der Waals surface area (Å²) in [7, 11) is 0. The lowest BCUT2D eigenvalue weighted by molar-refractivity contribution is -0.135. The Balaban J connectivity index is 1.70. The summed E-state index contributed by atoms with van der Waals surface area (Å²) in [6.07, 6.45) is 0.519. The highest BCUT2D eigenvalue weighted by molar-refractivity contribution is 6.02. The van der Waals surface area contributed by atoms with E-state index in [0.717, 1.165) is 0 Å². The van der Waals surface area contributed by atoms with Crippen molar-refractivity contribution in [2.75, 3.05) is 0 Å². The fourth-order valence-corrected chi connectivity index (χ4v) is 4.01. The number of Topliss-reactive ketones (excluding diaryl/α,β-unsaturated/α-hetero) is 1. The molecule has 1 aliphatic heterocycles. The van der Waals surface area contributed by atoms with Crippen molar-refractivity contribution in [3.63, 3.8) is 0 Å². The average Bonchev–Trinajstić information content (AvgIpc) is 2.67. The van der Waals surface area contributed by atoms with E-state index in [1.165, 1.54) is 13.0 Å². The van der Waals surface area contributed by atoms with Gasteiger partial charge < -0.3 is 19.3 Å². The van der Waals surface area contributed by atoms with E-state index in [9.17, 15) is 14.7 Å². The van der Waals surface area contributed by atoms with Gasteiger partial charge in [-0.15, -0.1) is 0 Å². The van der Waals surface area contributed by atoms with E-state index in [1.54, 1.807) is 24.3 Å². The molecule has 3 aromatic rings. The van der Waals surface area contributed by atoms with E-state index in [-0.39, 0.29) is 23.5 Å². The monoisotopic (exact) mass is 376 g/mol. The molecule has 28 heavy (non-hydrogen) atoms. The Kier molecular flexibility index (Phi) is 3.40. The second-order valence-corrected chi connectivity index (χ2v) is 6.91. The van der Waals surface area contributed by atoms with Crippen molar-refractivity contribution < 1.29 is 28.9 Å². The van der Waals surface area contributed by atoms with Crippen LogP contribution in [0.4, 0.5) is 0 Å². The van der Waals surface area contributed by atoms with Crippen molar-refractivity contribution in [2.45, 2.75) is 25.6 Å². The van der Waals surface area contributed by atoms with Crippen LogP contribution < -0.4 is 14.2 Å². The summed E-state index contributed by atoms with van der Waals surface area (Å²) in [5.41, 5.74) is 0.747. The van der Waals surface area contributed by atoms with Gasteiger partial charge in [0.15, 0.2) is 5.78 Å². The molecule has 1 N–H and O–H groups in total. The topological polar surface area (TPSA) is 82.1 Å². The molecule has 1 atom stereocenters. The molecule has 6 nitrogen and oxygen atoms in total. The number of hydrogen-bond acceptors (Lipinski definition) is 6. The first kappa shape index (κ1) is 16.6. The van der Waals surface area contributed by atoms with Gasteiger partial charge in [-0.2, -0.15) is 0 Å². The molecule has 3 aromatic carbocycles. The van der Waals surface area contributed by atoms with Crippen LogP contribution in [0, 0.1) is 0 Å². The van der Waals surface area contributed by atoms with E-state index in [1.807, 2.05) is 18.2 Å². The minimum absolute atomic E-state index is 0.0806. The van der Waals surface area contributed by atoms with Gasteiger partial charge in [-0.05, 0) is 24.3 Å². The average molecular weight is 376 g/mol. The number of benzene rings is 3. The normalized spacial score (nSPS) is 19.7. The van der Waals surface area contributed by atoms with E-state index in [0.29, 0.717) is 40.0 Å². The van der Waals surface area contributed by atoms with Crippen LogP contribution in [0.25, 0.3) is 10.8 Å². The summed E-state index contributed by atoms with van der Waals surface area (Å²) in [5, 5.41) is 11.6. The van der Waals surface area contributed by atoms with Crippen LogP contribution in [0.15, 0.2) is 48.5 Å². The lowest BCUT2D eigenvalue weighted by Gasteiger charge is -2.41. The Morgan fingerprint density at radius 2 is 1.82 bits per heavy atom. The third kappa shape index (κ3) is 2.27. The molecule has 0 unspecified atom stereocenters. The fourth-order valence-electron chi connectivity index (χ4n) is 4.01. The minimum atomic E-state index is -1.20. The van der Waals surface area contributed by atoms with Gasteiger partial charge in [0, 0.05) is 25.2 Å². The Morgan fingerprint density at radius 3 is 2.61 bits per heavy atom. The van der Waals surface area contributed by atoms with Crippen LogP contribution in [-0.4, -0.2) is 16.9 Å². The number of ketones is 1. The summed E-state index contributed by atoms with van der Waals surface area (Å²) in [6.45, 7) is 1.35. The highest BCUT2D eigenvalue weighted by Gasteiger charge is 2.47. The number of hydrogen-bond donors (Lipinski definition) is 1. The molecule has 1 spiro atoms. The zero-order valence-corrected chi connectivity index (χ0v) is 15.0. The number of phenolic OH excluding ortho intramolecular Hbond substituents is 1. The molecule has 0 bridgehead atoms. The molecule has 6 heteroatoms. The fraction of sp³-hybridized carbons (Fsp3) is 0.182. The third-order valence-corrected chi connectivity index (χ3v) is 5.14. The van der Waals surface area contributed by atoms with Crippen LogP contribution in [0.3, 0.4) is 0 Å². The molecule has 0 amide bonds. The summed E-state index contributed by atoms with van der Waals surface area (Å²) in [6, 6.07) is 13.8. The summed E-state index contributed by atoms with van der Waals surface area (Å²) in [4.78, 5) is 23.8. The van der Waals surface area contributed by atoms with E-state index in [4.69, 9.17) is 14.2 Å². The van der Waals surface area contributed by atoms with Crippen LogP contribution in [0.2, 0.25) is 0 Å². The maximum Gasteiger partial charge on any atom is 0.308 e. The minimum Gasteiger partial charge on any atom is -0.507 e. The smallest absolute Gasteiger partial charge is 0.308 e. The Bertz CT molecular complexity index is 1150. The van der Waals surface area contributed by atoms with Gasteiger partial charge in [0.05, 0.1) is 16.5 Å². The first-order chi connectivity index (χ1) is 13.5. The lowest BCUT2D eigenvalue weighted by atomic mass is 9.84. The van der Waals surface area contributed by atoms with E-state index < -0.39 is 11.8 Å². The first-order valence-corrected chi connectivity index (χ1v) is 8.96. The standard InChI is InChI=1S/C22H16O6/c1-12(23)26-17-8-9-19-20-13(17)4-2-7-18(20)27-22(28-19)11-10-16(25)21-14(22)5-3-6-15(21)24/h2-9,24H,10-11H2,1H3/t22-/m1/s1. The van der Waals surface area contributed by atoms with Gasteiger partial charge in [-0.25, -0.2) is 0 Å². The third-order valence-electron chi connectivity index (χ3n) is 5.14. The number of aromatic hydroxyl groups is 1. The van der Waals surface area contributed by atoms with Crippen molar-refractivity contribution in [3.05, 3.63) is 59.7 Å².